The normalized spacial score (nSPS) is 17.8. The summed E-state index contributed by atoms with van der Waals surface area (Å²) in [5, 5.41) is 3.34. The highest BCUT2D eigenvalue weighted by Crippen LogP contribution is 2.29. The SMILES string of the molecule is CC(=O)c1cccc(S(=O)(=O)c2ccc(C3CCNC3)c(C)c2)c1. The smallest absolute Gasteiger partial charge is 0.206 e. The highest BCUT2D eigenvalue weighted by Gasteiger charge is 2.22. The monoisotopic (exact) mass is 343 g/mol. The number of nitrogens with one attached hydrogen (secondary N) is 1. The lowest BCUT2D eigenvalue weighted by Crippen LogP contribution is -2.09. The van der Waals surface area contributed by atoms with E-state index in [1.54, 1.807) is 24.3 Å². The van der Waals surface area contributed by atoms with Crippen molar-refractivity contribution in [3.05, 3.63) is 59.2 Å². The summed E-state index contributed by atoms with van der Waals surface area (Å²) < 4.78 is 25.7. The molecule has 0 aliphatic carbocycles. The minimum absolute atomic E-state index is 0.146. The highest BCUT2D eigenvalue weighted by molar-refractivity contribution is 7.91. The molecule has 1 fully saturated rings. The number of rotatable bonds is 4. The summed E-state index contributed by atoms with van der Waals surface area (Å²) in [7, 11) is -3.63. The average Bonchev–Trinajstić information content (AvgIpc) is 3.09. The van der Waals surface area contributed by atoms with Crippen LogP contribution in [0.15, 0.2) is 52.3 Å². The molecule has 1 saturated heterocycles. The van der Waals surface area contributed by atoms with Gasteiger partial charge in [0.25, 0.3) is 0 Å². The van der Waals surface area contributed by atoms with Crippen LogP contribution in [0.2, 0.25) is 0 Å². The number of hydrogen-bond acceptors (Lipinski definition) is 4. The molecule has 1 unspecified atom stereocenters. The van der Waals surface area contributed by atoms with E-state index in [4.69, 9.17) is 0 Å². The number of carbonyl (C=O) groups excluding carboxylic acids is 1. The van der Waals surface area contributed by atoms with Crippen LogP contribution in [0.5, 0.6) is 0 Å². The number of Topliss-reactive ketones (excluding diaryl/α,β-unsaturated/α-hetero) is 1. The van der Waals surface area contributed by atoms with E-state index in [1.807, 2.05) is 13.0 Å². The van der Waals surface area contributed by atoms with Crippen molar-refractivity contribution in [2.45, 2.75) is 36.0 Å². The van der Waals surface area contributed by atoms with E-state index < -0.39 is 9.84 Å². The van der Waals surface area contributed by atoms with E-state index >= 15 is 0 Å². The Morgan fingerprint density at radius 1 is 1.12 bits per heavy atom. The zero-order chi connectivity index (χ0) is 17.3. The Labute approximate surface area is 142 Å². The van der Waals surface area contributed by atoms with Crippen molar-refractivity contribution in [3.63, 3.8) is 0 Å². The summed E-state index contributed by atoms with van der Waals surface area (Å²) in [6.07, 6.45) is 1.08. The molecule has 24 heavy (non-hydrogen) atoms. The average molecular weight is 343 g/mol. The highest BCUT2D eigenvalue weighted by atomic mass is 32.2. The summed E-state index contributed by atoms with van der Waals surface area (Å²) in [5.41, 5.74) is 2.60. The predicted octanol–water partition coefficient (Wildman–Crippen LogP) is 3.11. The maximum Gasteiger partial charge on any atom is 0.206 e. The van der Waals surface area contributed by atoms with Crippen LogP contribution in [0.4, 0.5) is 0 Å². The molecule has 0 radical (unpaired) electrons. The van der Waals surface area contributed by atoms with Gasteiger partial charge in [-0.05, 0) is 68.1 Å². The molecule has 4 nitrogen and oxygen atoms in total. The number of ketones is 1. The molecule has 2 aromatic carbocycles. The van der Waals surface area contributed by atoms with Gasteiger partial charge in [0, 0.05) is 12.1 Å². The van der Waals surface area contributed by atoms with Gasteiger partial charge in [-0.2, -0.15) is 0 Å². The summed E-state index contributed by atoms with van der Waals surface area (Å²) in [4.78, 5) is 11.9. The lowest BCUT2D eigenvalue weighted by Gasteiger charge is -2.14. The van der Waals surface area contributed by atoms with Crippen molar-refractivity contribution in [1.29, 1.82) is 0 Å². The first kappa shape index (κ1) is 16.9. The second kappa shape index (κ2) is 6.49. The minimum Gasteiger partial charge on any atom is -0.316 e. The first-order valence-electron chi connectivity index (χ1n) is 8.07. The molecule has 1 N–H and O–H groups in total. The van der Waals surface area contributed by atoms with E-state index in [0.717, 1.165) is 25.1 Å². The van der Waals surface area contributed by atoms with Gasteiger partial charge in [-0.15, -0.1) is 0 Å². The van der Waals surface area contributed by atoms with Crippen LogP contribution in [0, 0.1) is 6.92 Å². The van der Waals surface area contributed by atoms with Gasteiger partial charge in [0.05, 0.1) is 9.79 Å². The predicted molar refractivity (Wildman–Crippen MR) is 93.3 cm³/mol. The Balaban J connectivity index is 1.99. The van der Waals surface area contributed by atoms with Gasteiger partial charge in [-0.1, -0.05) is 18.2 Å². The number of hydrogen-bond donors (Lipinski definition) is 1. The first-order valence-corrected chi connectivity index (χ1v) is 9.55. The Morgan fingerprint density at radius 3 is 2.50 bits per heavy atom. The van der Waals surface area contributed by atoms with E-state index in [2.05, 4.69) is 5.32 Å². The fourth-order valence-electron chi connectivity index (χ4n) is 3.21. The van der Waals surface area contributed by atoms with Crippen LogP contribution in [0.1, 0.15) is 40.7 Å². The lowest BCUT2D eigenvalue weighted by atomic mass is 9.94. The lowest BCUT2D eigenvalue weighted by molar-refractivity contribution is 0.101. The molecular formula is C19H21NO3S. The molecule has 1 aliphatic rings. The minimum atomic E-state index is -3.63. The third-order valence-corrected chi connectivity index (χ3v) is 6.35. The number of sulfone groups is 1. The van der Waals surface area contributed by atoms with Crippen molar-refractivity contribution in [1.82, 2.24) is 5.32 Å². The zero-order valence-electron chi connectivity index (χ0n) is 13.9. The summed E-state index contributed by atoms with van der Waals surface area (Å²) in [6.45, 7) is 5.33. The maximum atomic E-state index is 12.9. The van der Waals surface area contributed by atoms with Crippen molar-refractivity contribution < 1.29 is 13.2 Å². The number of carbonyl (C=O) groups is 1. The van der Waals surface area contributed by atoms with Gasteiger partial charge in [0.2, 0.25) is 9.84 Å². The van der Waals surface area contributed by atoms with Crippen LogP contribution in [-0.4, -0.2) is 27.3 Å². The maximum absolute atomic E-state index is 12.9. The molecule has 0 amide bonds. The van der Waals surface area contributed by atoms with Crippen LogP contribution in [0.3, 0.4) is 0 Å². The summed E-state index contributed by atoms with van der Waals surface area (Å²) in [6, 6.07) is 11.6. The molecular weight excluding hydrogens is 322 g/mol. The Kier molecular flexibility index (Phi) is 4.56. The topological polar surface area (TPSA) is 63.2 Å². The van der Waals surface area contributed by atoms with Crippen molar-refractivity contribution in [2.75, 3.05) is 13.1 Å². The standard InChI is InChI=1S/C19H21NO3S/c1-13-10-18(6-7-19(13)16-8-9-20-12-16)24(22,23)17-5-3-4-15(11-17)14(2)21/h3-7,10-11,16,20H,8-9,12H2,1-2H3. The zero-order valence-corrected chi connectivity index (χ0v) is 14.7. The van der Waals surface area contributed by atoms with Gasteiger partial charge < -0.3 is 5.32 Å². The Morgan fingerprint density at radius 2 is 1.88 bits per heavy atom. The number of benzene rings is 2. The Bertz CT molecular complexity index is 881. The van der Waals surface area contributed by atoms with Gasteiger partial charge in [0.15, 0.2) is 5.78 Å². The fraction of sp³-hybridized carbons (Fsp3) is 0.316. The molecule has 1 atom stereocenters. The van der Waals surface area contributed by atoms with Gasteiger partial charge >= 0.3 is 0 Å². The molecule has 0 bridgehead atoms. The Hall–Kier alpha value is -1.98. The summed E-state index contributed by atoms with van der Waals surface area (Å²) in [5.74, 6) is 0.301. The van der Waals surface area contributed by atoms with E-state index in [1.165, 1.54) is 24.6 Å². The second-order valence-corrected chi connectivity index (χ2v) is 8.25. The summed E-state index contributed by atoms with van der Waals surface area (Å²) >= 11 is 0. The van der Waals surface area contributed by atoms with Crippen molar-refractivity contribution in [3.8, 4) is 0 Å². The van der Waals surface area contributed by atoms with Crippen molar-refractivity contribution >= 4 is 15.6 Å². The van der Waals surface area contributed by atoms with Crippen LogP contribution >= 0.6 is 0 Å². The molecule has 0 spiro atoms. The fourth-order valence-corrected chi connectivity index (χ4v) is 4.60. The molecule has 126 valence electrons. The molecule has 0 aromatic heterocycles. The molecule has 1 aliphatic heterocycles. The van der Waals surface area contributed by atoms with Gasteiger partial charge in [-0.25, -0.2) is 8.42 Å². The molecule has 1 heterocycles. The van der Waals surface area contributed by atoms with Gasteiger partial charge in [-0.3, -0.25) is 4.79 Å². The van der Waals surface area contributed by atoms with E-state index in [0.29, 0.717) is 11.5 Å². The molecule has 5 heteroatoms. The van der Waals surface area contributed by atoms with Crippen molar-refractivity contribution in [2.24, 2.45) is 0 Å². The largest absolute Gasteiger partial charge is 0.316 e. The molecule has 3 rings (SSSR count). The molecule has 0 saturated carbocycles. The van der Waals surface area contributed by atoms with Crippen LogP contribution in [-0.2, 0) is 9.84 Å². The number of aryl methyl sites for hydroxylation is 1. The molecule has 2 aromatic rings. The van der Waals surface area contributed by atoms with Crippen LogP contribution < -0.4 is 5.32 Å². The van der Waals surface area contributed by atoms with Gasteiger partial charge in [0.1, 0.15) is 0 Å². The second-order valence-electron chi connectivity index (χ2n) is 6.30. The third kappa shape index (κ3) is 3.14. The first-order chi connectivity index (χ1) is 11.4. The van der Waals surface area contributed by atoms with Crippen LogP contribution in [0.25, 0.3) is 0 Å². The van der Waals surface area contributed by atoms with E-state index in [-0.39, 0.29) is 15.6 Å². The quantitative estimate of drug-likeness (QED) is 0.867. The third-order valence-electron chi connectivity index (χ3n) is 4.60. The van der Waals surface area contributed by atoms with E-state index in [9.17, 15) is 13.2 Å².